The molecule has 0 radical (unpaired) electrons. The van der Waals surface area contributed by atoms with Gasteiger partial charge < -0.3 is 20.1 Å². The van der Waals surface area contributed by atoms with E-state index in [4.69, 9.17) is 15.2 Å². The monoisotopic (exact) mass is 270 g/mol. The summed E-state index contributed by atoms with van der Waals surface area (Å²) in [6.07, 6.45) is 3.22. The summed E-state index contributed by atoms with van der Waals surface area (Å²) in [5, 5.41) is 0. The molecule has 0 aromatic heterocycles. The van der Waals surface area contributed by atoms with Crippen molar-refractivity contribution in [3.63, 3.8) is 0 Å². The number of rotatable bonds is 0. The van der Waals surface area contributed by atoms with Crippen LogP contribution in [0.3, 0.4) is 0 Å². The summed E-state index contributed by atoms with van der Waals surface area (Å²) in [5.74, 6) is 0. The molecule has 2 N–H and O–H groups in total. The number of nitrogens with two attached hydrogens (primary N) is 1. The highest BCUT2D eigenvalue weighted by atomic mass is 16.6. The average molecular weight is 270 g/mol. The molecule has 2 saturated heterocycles. The molecule has 0 aliphatic carbocycles. The quantitative estimate of drug-likeness (QED) is 0.730. The SMILES string of the molecule is CC(C)(C)OC(=O)N1CCC(N)CC12CCOCC2. The first-order valence-electron chi connectivity index (χ1n) is 7.16. The van der Waals surface area contributed by atoms with Gasteiger partial charge in [0.2, 0.25) is 0 Å². The number of likely N-dealkylation sites (tertiary alicyclic amines) is 1. The van der Waals surface area contributed by atoms with Crippen LogP contribution in [0.4, 0.5) is 4.79 Å². The molecule has 2 heterocycles. The van der Waals surface area contributed by atoms with Crippen LogP contribution in [0.15, 0.2) is 0 Å². The zero-order chi connectivity index (χ0) is 14.1. The zero-order valence-electron chi connectivity index (χ0n) is 12.3. The van der Waals surface area contributed by atoms with Crippen LogP contribution >= 0.6 is 0 Å². The van der Waals surface area contributed by atoms with Gasteiger partial charge in [-0.15, -0.1) is 0 Å². The van der Waals surface area contributed by atoms with Crippen LogP contribution in [-0.4, -0.2) is 47.9 Å². The van der Waals surface area contributed by atoms with Crippen LogP contribution in [0.5, 0.6) is 0 Å². The molecule has 2 fully saturated rings. The van der Waals surface area contributed by atoms with Crippen LogP contribution in [0.25, 0.3) is 0 Å². The third kappa shape index (κ3) is 3.39. The Morgan fingerprint density at radius 1 is 1.37 bits per heavy atom. The molecule has 2 rings (SSSR count). The van der Waals surface area contributed by atoms with Crippen molar-refractivity contribution < 1.29 is 14.3 Å². The summed E-state index contributed by atoms with van der Waals surface area (Å²) in [7, 11) is 0. The fraction of sp³-hybridized carbons (Fsp3) is 0.929. The van der Waals surface area contributed by atoms with E-state index in [9.17, 15) is 4.79 Å². The minimum Gasteiger partial charge on any atom is -0.444 e. The Morgan fingerprint density at radius 3 is 2.58 bits per heavy atom. The highest BCUT2D eigenvalue weighted by molar-refractivity contribution is 5.69. The van der Waals surface area contributed by atoms with Gasteiger partial charge in [0.25, 0.3) is 0 Å². The number of carbonyl (C=O) groups excluding carboxylic acids is 1. The van der Waals surface area contributed by atoms with E-state index >= 15 is 0 Å². The van der Waals surface area contributed by atoms with Gasteiger partial charge in [0.15, 0.2) is 0 Å². The van der Waals surface area contributed by atoms with Gasteiger partial charge in [0.05, 0.1) is 5.54 Å². The molecule has 0 aromatic carbocycles. The molecule has 2 aliphatic rings. The molecule has 0 aromatic rings. The summed E-state index contributed by atoms with van der Waals surface area (Å²) in [4.78, 5) is 14.3. The van der Waals surface area contributed by atoms with E-state index in [1.54, 1.807) is 0 Å². The zero-order valence-corrected chi connectivity index (χ0v) is 12.3. The Hall–Kier alpha value is -0.810. The van der Waals surface area contributed by atoms with Crippen molar-refractivity contribution in [3.05, 3.63) is 0 Å². The standard InChI is InChI=1S/C14H26N2O3/c1-13(2,3)19-12(17)16-7-4-11(15)10-14(16)5-8-18-9-6-14/h11H,4-10,15H2,1-3H3. The van der Waals surface area contributed by atoms with Crippen molar-refractivity contribution in [2.75, 3.05) is 19.8 Å². The molecule has 2 aliphatic heterocycles. The number of piperidine rings is 1. The molecule has 0 saturated carbocycles. The fourth-order valence-electron chi connectivity index (χ4n) is 3.06. The number of carbonyl (C=O) groups is 1. The number of hydrogen-bond acceptors (Lipinski definition) is 4. The molecule has 5 nitrogen and oxygen atoms in total. The number of nitrogens with zero attached hydrogens (tertiary/aromatic N) is 1. The number of hydrogen-bond donors (Lipinski definition) is 1. The summed E-state index contributed by atoms with van der Waals surface area (Å²) in [6.45, 7) is 7.79. The van der Waals surface area contributed by atoms with E-state index < -0.39 is 5.60 Å². The second kappa shape index (κ2) is 5.29. The predicted molar refractivity (Wildman–Crippen MR) is 72.9 cm³/mol. The van der Waals surface area contributed by atoms with E-state index in [2.05, 4.69) is 0 Å². The van der Waals surface area contributed by atoms with Gasteiger partial charge >= 0.3 is 6.09 Å². The third-order valence-corrected chi connectivity index (χ3v) is 3.98. The Kier molecular flexibility index (Phi) is 4.06. The lowest BCUT2D eigenvalue weighted by Crippen LogP contribution is -2.61. The van der Waals surface area contributed by atoms with Crippen LogP contribution < -0.4 is 5.73 Å². The molecule has 110 valence electrons. The summed E-state index contributed by atoms with van der Waals surface area (Å²) < 4.78 is 11.0. The van der Waals surface area contributed by atoms with Gasteiger partial charge in [0.1, 0.15) is 5.60 Å². The Morgan fingerprint density at radius 2 is 2.00 bits per heavy atom. The van der Waals surface area contributed by atoms with Crippen molar-refractivity contribution in [2.45, 2.75) is 63.6 Å². The maximum absolute atomic E-state index is 12.4. The Bertz CT molecular complexity index is 332. The smallest absolute Gasteiger partial charge is 0.410 e. The van der Waals surface area contributed by atoms with Crippen LogP contribution in [0, 0.1) is 0 Å². The summed E-state index contributed by atoms with van der Waals surface area (Å²) >= 11 is 0. The lowest BCUT2D eigenvalue weighted by atomic mass is 9.78. The third-order valence-electron chi connectivity index (χ3n) is 3.98. The summed E-state index contributed by atoms with van der Waals surface area (Å²) in [5.41, 5.74) is 5.50. The van der Waals surface area contributed by atoms with Crippen LogP contribution in [0.1, 0.15) is 46.5 Å². The van der Waals surface area contributed by atoms with Crippen LogP contribution in [-0.2, 0) is 9.47 Å². The normalized spacial score (nSPS) is 27.4. The first-order chi connectivity index (χ1) is 8.82. The van der Waals surface area contributed by atoms with E-state index in [1.807, 2.05) is 25.7 Å². The number of ether oxygens (including phenoxy) is 2. The predicted octanol–water partition coefficient (Wildman–Crippen LogP) is 1.89. The first-order valence-corrected chi connectivity index (χ1v) is 7.16. The minimum atomic E-state index is -0.455. The molecule has 1 unspecified atom stereocenters. The van der Waals surface area contributed by atoms with E-state index in [1.165, 1.54) is 0 Å². The van der Waals surface area contributed by atoms with Gasteiger partial charge in [0, 0.05) is 25.8 Å². The van der Waals surface area contributed by atoms with E-state index in [0.29, 0.717) is 19.8 Å². The maximum atomic E-state index is 12.4. The lowest BCUT2D eigenvalue weighted by molar-refractivity contribution is -0.0623. The van der Waals surface area contributed by atoms with Gasteiger partial charge in [-0.2, -0.15) is 0 Å². The van der Waals surface area contributed by atoms with Crippen molar-refractivity contribution in [2.24, 2.45) is 5.73 Å². The highest BCUT2D eigenvalue weighted by Gasteiger charge is 2.46. The van der Waals surface area contributed by atoms with Crippen molar-refractivity contribution in [1.82, 2.24) is 4.90 Å². The first kappa shape index (κ1) is 14.6. The van der Waals surface area contributed by atoms with Gasteiger partial charge in [-0.1, -0.05) is 0 Å². The van der Waals surface area contributed by atoms with Gasteiger partial charge in [-0.25, -0.2) is 4.79 Å². The van der Waals surface area contributed by atoms with Crippen molar-refractivity contribution in [3.8, 4) is 0 Å². The molecule has 19 heavy (non-hydrogen) atoms. The lowest BCUT2D eigenvalue weighted by Gasteiger charge is -2.50. The average Bonchev–Trinajstić information content (AvgIpc) is 2.27. The molecular weight excluding hydrogens is 244 g/mol. The fourth-order valence-corrected chi connectivity index (χ4v) is 3.06. The molecule has 1 amide bonds. The van der Waals surface area contributed by atoms with Gasteiger partial charge in [-0.05, 0) is 46.5 Å². The minimum absolute atomic E-state index is 0.155. The second-order valence-electron chi connectivity index (χ2n) is 6.72. The topological polar surface area (TPSA) is 64.8 Å². The molecule has 1 spiro atoms. The van der Waals surface area contributed by atoms with Gasteiger partial charge in [-0.3, -0.25) is 0 Å². The Balaban J connectivity index is 2.13. The Labute approximate surface area is 115 Å². The van der Waals surface area contributed by atoms with Crippen molar-refractivity contribution in [1.29, 1.82) is 0 Å². The van der Waals surface area contributed by atoms with Crippen LogP contribution in [0.2, 0.25) is 0 Å². The molecule has 5 heteroatoms. The maximum Gasteiger partial charge on any atom is 0.410 e. The summed E-state index contributed by atoms with van der Waals surface area (Å²) in [6, 6.07) is 0.178. The van der Waals surface area contributed by atoms with E-state index in [-0.39, 0.29) is 17.7 Å². The van der Waals surface area contributed by atoms with Crippen molar-refractivity contribution >= 4 is 6.09 Å². The molecule has 1 atom stereocenters. The largest absolute Gasteiger partial charge is 0.444 e. The highest BCUT2D eigenvalue weighted by Crippen LogP contribution is 2.37. The molecule has 0 bridgehead atoms. The number of amides is 1. The molecular formula is C14H26N2O3. The second-order valence-corrected chi connectivity index (χ2v) is 6.72. The van der Waals surface area contributed by atoms with E-state index in [0.717, 1.165) is 25.7 Å².